The molecule has 2 nitrogen and oxygen atoms in total. The zero-order chi connectivity index (χ0) is 7.28. The second kappa shape index (κ2) is 4.70. The smallest absolute Gasteiger partial charge is 0.0629 e. The Labute approximate surface area is 61.1 Å². The summed E-state index contributed by atoms with van der Waals surface area (Å²) in [4.78, 5) is 1.99. The summed E-state index contributed by atoms with van der Waals surface area (Å²) in [5, 5.41) is 1.07. The van der Waals surface area contributed by atoms with E-state index < -0.39 is 0 Å². The van der Waals surface area contributed by atoms with E-state index in [9.17, 15) is 0 Å². The molecule has 3 heteroatoms. The first-order valence-corrected chi connectivity index (χ1v) is 3.86. The van der Waals surface area contributed by atoms with Gasteiger partial charge in [0.2, 0.25) is 0 Å². The summed E-state index contributed by atoms with van der Waals surface area (Å²) in [6.45, 7) is 4.54. The molecule has 0 amide bonds. The largest absolute Gasteiger partial charge is 0.373 e. The SMILES string of the molecule is C=C(SCCN)N(C)C. The number of rotatable bonds is 4. The molecule has 0 aromatic rings. The van der Waals surface area contributed by atoms with Crippen LogP contribution in [0.4, 0.5) is 0 Å². The molecule has 0 rings (SSSR count). The third-order valence-corrected chi connectivity index (χ3v) is 2.02. The summed E-state index contributed by atoms with van der Waals surface area (Å²) < 4.78 is 0. The summed E-state index contributed by atoms with van der Waals surface area (Å²) in [5.74, 6) is 0.955. The Morgan fingerprint density at radius 2 is 2.22 bits per heavy atom. The van der Waals surface area contributed by atoms with Gasteiger partial charge >= 0.3 is 0 Å². The highest BCUT2D eigenvalue weighted by molar-refractivity contribution is 8.02. The molecule has 0 bridgehead atoms. The highest BCUT2D eigenvalue weighted by Gasteiger charge is 1.93. The molecule has 0 aromatic heterocycles. The molecule has 2 N–H and O–H groups in total. The number of hydrogen-bond donors (Lipinski definition) is 1. The van der Waals surface area contributed by atoms with Gasteiger partial charge in [0.05, 0.1) is 5.03 Å². The fraction of sp³-hybridized carbons (Fsp3) is 0.667. The Morgan fingerprint density at radius 3 is 2.56 bits per heavy atom. The minimum Gasteiger partial charge on any atom is -0.373 e. The molecule has 0 spiro atoms. The first-order chi connectivity index (χ1) is 4.18. The average molecular weight is 146 g/mol. The number of nitrogens with two attached hydrogens (primary N) is 1. The van der Waals surface area contributed by atoms with Crippen molar-refractivity contribution >= 4 is 11.8 Å². The molecule has 0 fully saturated rings. The van der Waals surface area contributed by atoms with Gasteiger partial charge in [-0.15, -0.1) is 11.8 Å². The molecule has 0 aliphatic rings. The molecule has 9 heavy (non-hydrogen) atoms. The first-order valence-electron chi connectivity index (χ1n) is 2.87. The van der Waals surface area contributed by atoms with Crippen molar-refractivity contribution in [2.45, 2.75) is 0 Å². The molecule has 0 heterocycles. The molecule has 0 aliphatic carbocycles. The zero-order valence-electron chi connectivity index (χ0n) is 6.05. The molecule has 0 saturated heterocycles. The van der Waals surface area contributed by atoms with Crippen LogP contribution in [0.2, 0.25) is 0 Å². The van der Waals surface area contributed by atoms with Crippen molar-refractivity contribution < 1.29 is 0 Å². The molecule has 0 radical (unpaired) electrons. The van der Waals surface area contributed by atoms with E-state index in [0.717, 1.165) is 17.3 Å². The van der Waals surface area contributed by atoms with Crippen LogP contribution in [0.3, 0.4) is 0 Å². The first kappa shape index (κ1) is 8.85. The van der Waals surface area contributed by atoms with Crippen LogP contribution in [0.1, 0.15) is 0 Å². The van der Waals surface area contributed by atoms with E-state index >= 15 is 0 Å². The van der Waals surface area contributed by atoms with Gasteiger partial charge in [-0.25, -0.2) is 0 Å². The molecular weight excluding hydrogens is 132 g/mol. The fourth-order valence-corrected chi connectivity index (χ4v) is 0.918. The summed E-state index contributed by atoms with van der Waals surface area (Å²) in [7, 11) is 3.96. The molecule has 0 saturated carbocycles. The lowest BCUT2D eigenvalue weighted by Gasteiger charge is -2.13. The molecule has 0 atom stereocenters. The minimum absolute atomic E-state index is 0.720. The van der Waals surface area contributed by atoms with E-state index in [0.29, 0.717) is 0 Å². The van der Waals surface area contributed by atoms with E-state index in [1.165, 1.54) is 0 Å². The Bertz CT molecular complexity index is 91.1. The molecule has 0 aliphatic heterocycles. The van der Waals surface area contributed by atoms with E-state index in [1.54, 1.807) is 11.8 Å². The summed E-state index contributed by atoms with van der Waals surface area (Å²) in [6, 6.07) is 0. The Morgan fingerprint density at radius 1 is 1.67 bits per heavy atom. The highest BCUT2D eigenvalue weighted by atomic mass is 32.2. The van der Waals surface area contributed by atoms with Crippen molar-refractivity contribution in [3.8, 4) is 0 Å². The number of nitrogens with zero attached hydrogens (tertiary/aromatic N) is 1. The molecule has 0 aromatic carbocycles. The van der Waals surface area contributed by atoms with Crippen LogP contribution in [0.25, 0.3) is 0 Å². The van der Waals surface area contributed by atoms with Crippen LogP contribution < -0.4 is 5.73 Å². The van der Waals surface area contributed by atoms with Gasteiger partial charge in [0.15, 0.2) is 0 Å². The van der Waals surface area contributed by atoms with E-state index in [2.05, 4.69) is 6.58 Å². The van der Waals surface area contributed by atoms with Crippen molar-refractivity contribution in [1.29, 1.82) is 0 Å². The summed E-state index contributed by atoms with van der Waals surface area (Å²) >= 11 is 1.69. The van der Waals surface area contributed by atoms with Crippen LogP contribution in [0, 0.1) is 0 Å². The van der Waals surface area contributed by atoms with Crippen LogP contribution in [-0.4, -0.2) is 31.3 Å². The third kappa shape index (κ3) is 4.36. The van der Waals surface area contributed by atoms with Gasteiger partial charge in [-0.3, -0.25) is 0 Å². The Balaban J connectivity index is 3.28. The van der Waals surface area contributed by atoms with Crippen molar-refractivity contribution in [3.63, 3.8) is 0 Å². The lowest BCUT2D eigenvalue weighted by molar-refractivity contribution is 0.552. The minimum atomic E-state index is 0.720. The van der Waals surface area contributed by atoms with Gasteiger partial charge in [-0.05, 0) is 0 Å². The molecule has 54 valence electrons. The predicted molar refractivity (Wildman–Crippen MR) is 44.3 cm³/mol. The van der Waals surface area contributed by atoms with E-state index in [-0.39, 0.29) is 0 Å². The lowest BCUT2D eigenvalue weighted by Crippen LogP contribution is -2.09. The predicted octanol–water partition coefficient (Wildman–Crippen LogP) is 0.711. The fourth-order valence-electron chi connectivity index (χ4n) is 0.306. The van der Waals surface area contributed by atoms with E-state index in [4.69, 9.17) is 5.73 Å². The van der Waals surface area contributed by atoms with Crippen molar-refractivity contribution in [1.82, 2.24) is 4.90 Å². The van der Waals surface area contributed by atoms with Gasteiger partial charge in [0.1, 0.15) is 0 Å². The van der Waals surface area contributed by atoms with Gasteiger partial charge in [-0.2, -0.15) is 0 Å². The topological polar surface area (TPSA) is 29.3 Å². The van der Waals surface area contributed by atoms with Gasteiger partial charge < -0.3 is 10.6 Å². The number of hydrogen-bond acceptors (Lipinski definition) is 3. The average Bonchev–Trinajstić information content (AvgIpc) is 1.82. The van der Waals surface area contributed by atoms with Crippen molar-refractivity contribution in [2.24, 2.45) is 5.73 Å². The Hall–Kier alpha value is -0.150. The quantitative estimate of drug-likeness (QED) is 0.633. The van der Waals surface area contributed by atoms with E-state index in [1.807, 2.05) is 19.0 Å². The van der Waals surface area contributed by atoms with Crippen LogP contribution in [0.15, 0.2) is 11.6 Å². The number of thioether (sulfide) groups is 1. The monoisotopic (exact) mass is 146 g/mol. The van der Waals surface area contributed by atoms with Crippen molar-refractivity contribution in [2.75, 3.05) is 26.4 Å². The van der Waals surface area contributed by atoms with Gasteiger partial charge in [0.25, 0.3) is 0 Å². The molecule has 0 unspecified atom stereocenters. The maximum Gasteiger partial charge on any atom is 0.0629 e. The van der Waals surface area contributed by atoms with Gasteiger partial charge in [-0.1, -0.05) is 6.58 Å². The maximum atomic E-state index is 5.30. The standard InChI is InChI=1S/C6H14N2S/c1-6(8(2)3)9-5-4-7/h1,4-5,7H2,2-3H3. The van der Waals surface area contributed by atoms with Gasteiger partial charge in [0, 0.05) is 26.4 Å². The van der Waals surface area contributed by atoms with Crippen LogP contribution in [-0.2, 0) is 0 Å². The summed E-state index contributed by atoms with van der Waals surface area (Å²) in [5.41, 5.74) is 5.30. The second-order valence-electron chi connectivity index (χ2n) is 1.93. The van der Waals surface area contributed by atoms with Crippen LogP contribution in [0.5, 0.6) is 0 Å². The van der Waals surface area contributed by atoms with Crippen LogP contribution >= 0.6 is 11.8 Å². The normalized spacial score (nSPS) is 9.22. The molecular formula is C6H14N2S. The van der Waals surface area contributed by atoms with Crippen molar-refractivity contribution in [3.05, 3.63) is 11.6 Å². The third-order valence-electron chi connectivity index (χ3n) is 0.885. The Kier molecular flexibility index (Phi) is 4.62. The lowest BCUT2D eigenvalue weighted by atomic mass is 10.8. The maximum absolute atomic E-state index is 5.30. The highest BCUT2D eigenvalue weighted by Crippen LogP contribution is 2.13. The summed E-state index contributed by atoms with van der Waals surface area (Å²) in [6.07, 6.45) is 0. The zero-order valence-corrected chi connectivity index (χ0v) is 6.87. The second-order valence-corrected chi connectivity index (χ2v) is 3.09.